The van der Waals surface area contributed by atoms with Crippen molar-refractivity contribution in [2.75, 3.05) is 19.1 Å². The lowest BCUT2D eigenvalue weighted by molar-refractivity contribution is -0.116. The summed E-state index contributed by atoms with van der Waals surface area (Å²) in [5.41, 5.74) is 1.02. The number of carbonyl (C=O) groups is 1. The topological polar surface area (TPSA) is 62.7 Å². The fraction of sp³-hybridized carbons (Fsp3) is 0.400. The highest BCUT2D eigenvalue weighted by atomic mass is 16.5. The monoisotopic (exact) mass is 210 g/mol. The number of rotatable bonds is 3. The molecule has 1 N–H and O–H groups in total. The minimum absolute atomic E-state index is 0.108. The van der Waals surface area contributed by atoms with Crippen LogP contribution in [0, 0.1) is 0 Å². The van der Waals surface area contributed by atoms with Crippen LogP contribution in [-0.2, 0) is 11.4 Å². The van der Waals surface area contributed by atoms with Gasteiger partial charge in [-0.3, -0.25) is 9.78 Å². The van der Waals surface area contributed by atoms with Gasteiger partial charge in [0, 0.05) is 20.2 Å². The second kappa shape index (κ2) is 4.75. The molecule has 0 fully saturated rings. The number of amides is 1. The van der Waals surface area contributed by atoms with Crippen LogP contribution < -0.4 is 9.64 Å². The van der Waals surface area contributed by atoms with Gasteiger partial charge in [-0.15, -0.1) is 0 Å². The van der Waals surface area contributed by atoms with Crippen LogP contribution in [0.1, 0.15) is 12.6 Å². The zero-order valence-corrected chi connectivity index (χ0v) is 9.02. The average molecular weight is 210 g/mol. The van der Waals surface area contributed by atoms with E-state index in [1.165, 1.54) is 25.1 Å². The maximum absolute atomic E-state index is 11.2. The minimum atomic E-state index is -0.219. The molecule has 1 amide bonds. The molecule has 0 aliphatic heterocycles. The third-order valence-electron chi connectivity index (χ3n) is 2.15. The van der Waals surface area contributed by atoms with Crippen molar-refractivity contribution in [3.8, 4) is 5.75 Å². The van der Waals surface area contributed by atoms with E-state index < -0.39 is 0 Å². The molecule has 5 nitrogen and oxygen atoms in total. The van der Waals surface area contributed by atoms with E-state index in [4.69, 9.17) is 9.84 Å². The SMILES string of the molecule is COc1c(N(C)C(C)=O)ccnc1CO. The maximum atomic E-state index is 11.2. The maximum Gasteiger partial charge on any atom is 0.223 e. The van der Waals surface area contributed by atoms with Crippen molar-refractivity contribution in [3.05, 3.63) is 18.0 Å². The summed E-state index contributed by atoms with van der Waals surface area (Å²) in [4.78, 5) is 16.6. The molecule has 1 heterocycles. The summed E-state index contributed by atoms with van der Waals surface area (Å²) in [6.45, 7) is 1.24. The molecule has 5 heteroatoms. The van der Waals surface area contributed by atoms with Crippen molar-refractivity contribution < 1.29 is 14.6 Å². The number of pyridine rings is 1. The first-order valence-corrected chi connectivity index (χ1v) is 4.48. The van der Waals surface area contributed by atoms with E-state index in [-0.39, 0.29) is 12.5 Å². The molecule has 0 aromatic carbocycles. The molecular weight excluding hydrogens is 196 g/mol. The molecular formula is C10H14N2O3. The van der Waals surface area contributed by atoms with Crippen LogP contribution in [0.2, 0.25) is 0 Å². The Morgan fingerprint density at radius 1 is 1.67 bits per heavy atom. The molecule has 82 valence electrons. The highest BCUT2D eigenvalue weighted by Gasteiger charge is 2.15. The van der Waals surface area contributed by atoms with Crippen LogP contribution in [0.15, 0.2) is 12.3 Å². The van der Waals surface area contributed by atoms with Crippen molar-refractivity contribution in [1.29, 1.82) is 0 Å². The number of aliphatic hydroxyl groups excluding tert-OH is 1. The van der Waals surface area contributed by atoms with Crippen LogP contribution >= 0.6 is 0 Å². The number of hydrogen-bond acceptors (Lipinski definition) is 4. The third kappa shape index (κ3) is 2.24. The van der Waals surface area contributed by atoms with Gasteiger partial charge < -0.3 is 14.7 Å². The number of nitrogens with zero attached hydrogens (tertiary/aromatic N) is 2. The number of carbonyl (C=O) groups excluding carboxylic acids is 1. The standard InChI is InChI=1S/C10H14N2O3/c1-7(14)12(2)9-4-5-11-8(6-13)10(9)15-3/h4-5,13H,6H2,1-3H3. The zero-order valence-electron chi connectivity index (χ0n) is 9.02. The van der Waals surface area contributed by atoms with E-state index in [0.717, 1.165) is 0 Å². The first-order chi connectivity index (χ1) is 7.11. The highest BCUT2D eigenvalue weighted by molar-refractivity contribution is 5.92. The fourth-order valence-electron chi connectivity index (χ4n) is 1.25. The van der Waals surface area contributed by atoms with Gasteiger partial charge in [-0.05, 0) is 6.07 Å². The Balaban J connectivity index is 3.22. The van der Waals surface area contributed by atoms with E-state index in [2.05, 4.69) is 4.98 Å². The minimum Gasteiger partial charge on any atom is -0.493 e. The summed E-state index contributed by atoms with van der Waals surface area (Å²) in [6, 6.07) is 1.67. The lowest BCUT2D eigenvalue weighted by Gasteiger charge is -2.19. The van der Waals surface area contributed by atoms with Gasteiger partial charge in [0.05, 0.1) is 19.4 Å². The second-order valence-corrected chi connectivity index (χ2v) is 3.05. The lowest BCUT2D eigenvalue weighted by atomic mass is 10.2. The van der Waals surface area contributed by atoms with Crippen LogP contribution in [-0.4, -0.2) is 30.2 Å². The summed E-state index contributed by atoms with van der Waals surface area (Å²) in [5.74, 6) is 0.320. The smallest absolute Gasteiger partial charge is 0.223 e. The molecule has 0 unspecified atom stereocenters. The van der Waals surface area contributed by atoms with Crippen molar-refractivity contribution in [3.63, 3.8) is 0 Å². The summed E-state index contributed by atoms with van der Waals surface area (Å²) in [5, 5.41) is 9.05. The fourth-order valence-corrected chi connectivity index (χ4v) is 1.25. The molecule has 0 atom stereocenters. The predicted octanol–water partition coefficient (Wildman–Crippen LogP) is 0.565. The molecule has 0 spiro atoms. The van der Waals surface area contributed by atoms with E-state index in [1.807, 2.05) is 0 Å². The van der Waals surface area contributed by atoms with E-state index in [9.17, 15) is 4.79 Å². The van der Waals surface area contributed by atoms with Gasteiger partial charge in [-0.25, -0.2) is 0 Å². The molecule has 1 aromatic rings. The Hall–Kier alpha value is -1.62. The van der Waals surface area contributed by atoms with Gasteiger partial charge in [0.25, 0.3) is 0 Å². The molecule has 0 aliphatic rings. The number of anilines is 1. The van der Waals surface area contributed by atoms with Crippen LogP contribution in [0.5, 0.6) is 5.75 Å². The van der Waals surface area contributed by atoms with Gasteiger partial charge in [0.15, 0.2) is 5.75 Å². The first kappa shape index (κ1) is 11.5. The summed E-state index contributed by atoms with van der Waals surface area (Å²) in [7, 11) is 3.12. The van der Waals surface area contributed by atoms with Gasteiger partial charge in [0.2, 0.25) is 5.91 Å². The van der Waals surface area contributed by atoms with Crippen molar-refractivity contribution in [2.24, 2.45) is 0 Å². The number of aromatic nitrogens is 1. The summed E-state index contributed by atoms with van der Waals surface area (Å²) < 4.78 is 5.12. The Bertz CT molecular complexity index is 366. The largest absolute Gasteiger partial charge is 0.493 e. The van der Waals surface area contributed by atoms with Gasteiger partial charge in [0.1, 0.15) is 5.69 Å². The van der Waals surface area contributed by atoms with E-state index >= 15 is 0 Å². The van der Waals surface area contributed by atoms with Crippen molar-refractivity contribution >= 4 is 11.6 Å². The lowest BCUT2D eigenvalue weighted by Crippen LogP contribution is -2.23. The van der Waals surface area contributed by atoms with Gasteiger partial charge >= 0.3 is 0 Å². The second-order valence-electron chi connectivity index (χ2n) is 3.05. The number of methoxy groups -OCH3 is 1. The van der Waals surface area contributed by atoms with E-state index in [0.29, 0.717) is 17.1 Å². The molecule has 0 aliphatic carbocycles. The Morgan fingerprint density at radius 3 is 2.80 bits per heavy atom. The normalized spacial score (nSPS) is 9.87. The molecule has 0 saturated carbocycles. The molecule has 0 saturated heterocycles. The van der Waals surface area contributed by atoms with E-state index in [1.54, 1.807) is 13.1 Å². The number of hydrogen-bond donors (Lipinski definition) is 1. The molecule has 15 heavy (non-hydrogen) atoms. The Labute approximate surface area is 88.3 Å². The summed E-state index contributed by atoms with van der Waals surface area (Å²) in [6.07, 6.45) is 1.53. The molecule has 0 bridgehead atoms. The Morgan fingerprint density at radius 2 is 2.33 bits per heavy atom. The van der Waals surface area contributed by atoms with Crippen LogP contribution in [0.25, 0.3) is 0 Å². The first-order valence-electron chi connectivity index (χ1n) is 4.48. The zero-order chi connectivity index (χ0) is 11.4. The molecule has 1 aromatic heterocycles. The molecule has 1 rings (SSSR count). The number of aliphatic hydroxyl groups is 1. The van der Waals surface area contributed by atoms with Crippen LogP contribution in [0.4, 0.5) is 5.69 Å². The highest BCUT2D eigenvalue weighted by Crippen LogP contribution is 2.29. The van der Waals surface area contributed by atoms with Gasteiger partial charge in [-0.1, -0.05) is 0 Å². The molecule has 0 radical (unpaired) electrons. The number of ether oxygens (including phenoxy) is 1. The predicted molar refractivity (Wildman–Crippen MR) is 55.8 cm³/mol. The van der Waals surface area contributed by atoms with Crippen molar-refractivity contribution in [1.82, 2.24) is 4.98 Å². The van der Waals surface area contributed by atoms with Crippen molar-refractivity contribution in [2.45, 2.75) is 13.5 Å². The quantitative estimate of drug-likeness (QED) is 0.792. The van der Waals surface area contributed by atoms with Crippen LogP contribution in [0.3, 0.4) is 0 Å². The third-order valence-corrected chi connectivity index (χ3v) is 2.15. The Kier molecular flexibility index (Phi) is 3.62. The average Bonchev–Trinajstić information content (AvgIpc) is 2.26. The van der Waals surface area contributed by atoms with Gasteiger partial charge in [-0.2, -0.15) is 0 Å². The summed E-state index contributed by atoms with van der Waals surface area (Å²) >= 11 is 0.